The minimum Gasteiger partial charge on any atom is -0.508 e. The number of carbonyl (C=O) groups is 2. The molecule has 0 fully saturated rings. The van der Waals surface area contributed by atoms with Gasteiger partial charge >= 0.3 is 0 Å². The number of aromatic nitrogens is 2. The highest BCUT2D eigenvalue weighted by Crippen LogP contribution is 2.31. The molecule has 1 amide bonds. The summed E-state index contributed by atoms with van der Waals surface area (Å²) in [6.07, 6.45) is 2.81. The van der Waals surface area contributed by atoms with Crippen molar-refractivity contribution in [2.24, 2.45) is 0 Å². The summed E-state index contributed by atoms with van der Waals surface area (Å²) in [5.74, 6) is -2.25. The number of aromatic hydroxyl groups is 1. The Morgan fingerprint density at radius 1 is 1.06 bits per heavy atom. The van der Waals surface area contributed by atoms with Crippen molar-refractivity contribution in [1.29, 1.82) is 0 Å². The molecule has 4 aromatic rings. The van der Waals surface area contributed by atoms with Crippen molar-refractivity contribution in [3.05, 3.63) is 87.5 Å². The zero-order chi connectivity index (χ0) is 22.1. The first kappa shape index (κ1) is 20.8. The van der Waals surface area contributed by atoms with E-state index in [9.17, 15) is 19.1 Å². The maximum absolute atomic E-state index is 13.3. The van der Waals surface area contributed by atoms with E-state index < -0.39 is 11.7 Å². The van der Waals surface area contributed by atoms with Crippen LogP contribution in [0.2, 0.25) is 10.0 Å². The summed E-state index contributed by atoms with van der Waals surface area (Å²) in [5.41, 5.74) is 1.89. The van der Waals surface area contributed by atoms with Gasteiger partial charge in [-0.1, -0.05) is 35.3 Å². The molecule has 3 N–H and O–H groups in total. The van der Waals surface area contributed by atoms with Crippen LogP contribution in [0, 0.1) is 5.82 Å². The first-order valence-electron chi connectivity index (χ1n) is 9.06. The minimum absolute atomic E-state index is 0.0606. The number of halogens is 3. The maximum Gasteiger partial charge on any atom is 0.296 e. The summed E-state index contributed by atoms with van der Waals surface area (Å²) in [7, 11) is 0. The highest BCUT2D eigenvalue weighted by atomic mass is 35.5. The molecule has 0 atom stereocenters. The number of Topliss-reactive ketones (excluding diaryl/α,β-unsaturated/α-hetero) is 1. The predicted molar refractivity (Wildman–Crippen MR) is 116 cm³/mol. The van der Waals surface area contributed by atoms with E-state index in [0.29, 0.717) is 16.6 Å². The van der Waals surface area contributed by atoms with Gasteiger partial charge in [-0.05, 0) is 35.9 Å². The lowest BCUT2D eigenvalue weighted by Crippen LogP contribution is -2.24. The van der Waals surface area contributed by atoms with Gasteiger partial charge in [0.25, 0.3) is 11.7 Å². The van der Waals surface area contributed by atoms with Crippen molar-refractivity contribution in [1.82, 2.24) is 9.97 Å². The highest BCUT2D eigenvalue weighted by Gasteiger charge is 2.26. The fourth-order valence-corrected chi connectivity index (χ4v) is 3.71. The second-order valence-electron chi connectivity index (χ2n) is 6.77. The van der Waals surface area contributed by atoms with Crippen LogP contribution in [0.4, 0.5) is 10.1 Å². The second-order valence-corrected chi connectivity index (χ2v) is 7.59. The Morgan fingerprint density at radius 3 is 2.42 bits per heavy atom. The lowest BCUT2D eigenvalue weighted by atomic mass is 10.0. The van der Waals surface area contributed by atoms with Gasteiger partial charge in [0.15, 0.2) is 0 Å². The third kappa shape index (κ3) is 4.23. The Labute approximate surface area is 185 Å². The quantitative estimate of drug-likeness (QED) is 0.286. The Hall–Kier alpha value is -3.42. The van der Waals surface area contributed by atoms with E-state index in [1.807, 2.05) is 0 Å². The van der Waals surface area contributed by atoms with Crippen LogP contribution in [-0.2, 0) is 11.2 Å². The molecule has 0 aliphatic heterocycles. The summed E-state index contributed by atoms with van der Waals surface area (Å²) >= 11 is 12.1. The number of fused-ring (bicyclic) bond motifs is 1. The number of phenols is 1. The number of benzene rings is 2. The number of ketones is 1. The molecule has 0 saturated carbocycles. The molecule has 2 heterocycles. The lowest BCUT2D eigenvalue weighted by Gasteiger charge is -2.09. The van der Waals surface area contributed by atoms with E-state index in [0.717, 1.165) is 5.56 Å². The van der Waals surface area contributed by atoms with Gasteiger partial charge in [0.2, 0.25) is 0 Å². The van der Waals surface area contributed by atoms with Crippen LogP contribution in [0.25, 0.3) is 10.9 Å². The predicted octanol–water partition coefficient (Wildman–Crippen LogP) is 5.13. The number of phenolic OH excluding ortho intramolecular Hbond substituents is 1. The molecule has 0 bridgehead atoms. The molecule has 0 radical (unpaired) electrons. The first-order chi connectivity index (χ1) is 14.8. The van der Waals surface area contributed by atoms with Crippen molar-refractivity contribution >= 4 is 51.5 Å². The van der Waals surface area contributed by atoms with Gasteiger partial charge in [-0.2, -0.15) is 0 Å². The molecule has 9 heteroatoms. The zero-order valence-corrected chi connectivity index (χ0v) is 17.3. The summed E-state index contributed by atoms with van der Waals surface area (Å²) in [4.78, 5) is 32.8. The Morgan fingerprint density at radius 2 is 1.74 bits per heavy atom. The average molecular weight is 458 g/mol. The molecule has 31 heavy (non-hydrogen) atoms. The zero-order valence-electron chi connectivity index (χ0n) is 15.7. The third-order valence-electron chi connectivity index (χ3n) is 4.68. The Bertz CT molecular complexity index is 1300. The van der Waals surface area contributed by atoms with E-state index in [-0.39, 0.29) is 39.3 Å². The number of rotatable bonds is 5. The number of H-pyrrole nitrogens is 1. The Balaban J connectivity index is 1.75. The topological polar surface area (TPSA) is 95.1 Å². The van der Waals surface area contributed by atoms with E-state index in [1.165, 1.54) is 36.7 Å². The number of nitrogens with one attached hydrogen (secondary N) is 2. The summed E-state index contributed by atoms with van der Waals surface area (Å²) in [5, 5.41) is 12.9. The number of carbonyl (C=O) groups excluding carboxylic acids is 2. The molecule has 2 aromatic carbocycles. The first-order valence-corrected chi connectivity index (χ1v) is 9.81. The molecule has 0 unspecified atom stereocenters. The molecule has 0 spiro atoms. The normalized spacial score (nSPS) is 10.9. The third-order valence-corrected chi connectivity index (χ3v) is 5.25. The molecular formula is C22H14Cl2FN3O3. The van der Waals surface area contributed by atoms with Crippen molar-refractivity contribution in [2.45, 2.75) is 6.42 Å². The monoisotopic (exact) mass is 457 g/mol. The fraction of sp³-hybridized carbons (Fsp3) is 0.0455. The molecule has 4 rings (SSSR count). The summed E-state index contributed by atoms with van der Waals surface area (Å²) in [6, 6.07) is 10.3. The van der Waals surface area contributed by atoms with Crippen LogP contribution in [0.1, 0.15) is 21.6 Å². The number of hydrogen-bond donors (Lipinski definition) is 3. The van der Waals surface area contributed by atoms with Crippen LogP contribution in [-0.4, -0.2) is 26.8 Å². The molecule has 6 nitrogen and oxygen atoms in total. The molecule has 156 valence electrons. The van der Waals surface area contributed by atoms with Crippen LogP contribution >= 0.6 is 23.2 Å². The molecule has 2 aromatic heterocycles. The number of anilines is 1. The van der Waals surface area contributed by atoms with Crippen molar-refractivity contribution in [3.8, 4) is 5.75 Å². The number of pyridine rings is 1. The SMILES string of the molecule is O=C(Nc1c(Cl)cncc1Cl)C(=O)c1c(Cc2ccc(F)cc2)[nH]c2ccc(O)cc12. The Kier molecular flexibility index (Phi) is 5.63. The lowest BCUT2D eigenvalue weighted by molar-refractivity contribution is -0.112. The van der Waals surface area contributed by atoms with Crippen LogP contribution in [0.5, 0.6) is 5.75 Å². The second kappa shape index (κ2) is 8.37. The van der Waals surface area contributed by atoms with Crippen molar-refractivity contribution in [2.75, 3.05) is 5.32 Å². The largest absolute Gasteiger partial charge is 0.508 e. The van der Waals surface area contributed by atoms with Gasteiger partial charge in [-0.3, -0.25) is 14.6 Å². The summed E-state index contributed by atoms with van der Waals surface area (Å²) in [6.45, 7) is 0. The minimum atomic E-state index is -0.959. The average Bonchev–Trinajstić information content (AvgIpc) is 3.08. The van der Waals surface area contributed by atoms with E-state index >= 15 is 0 Å². The van der Waals surface area contributed by atoms with Gasteiger partial charge in [0.05, 0.1) is 21.3 Å². The van der Waals surface area contributed by atoms with E-state index in [4.69, 9.17) is 23.2 Å². The van der Waals surface area contributed by atoms with Gasteiger partial charge < -0.3 is 15.4 Å². The maximum atomic E-state index is 13.3. The van der Waals surface area contributed by atoms with Crippen molar-refractivity contribution in [3.63, 3.8) is 0 Å². The van der Waals surface area contributed by atoms with Crippen LogP contribution < -0.4 is 5.32 Å². The molecular weight excluding hydrogens is 444 g/mol. The van der Waals surface area contributed by atoms with Gasteiger partial charge in [-0.15, -0.1) is 0 Å². The highest BCUT2D eigenvalue weighted by molar-refractivity contribution is 6.50. The fourth-order valence-electron chi connectivity index (χ4n) is 3.25. The number of amides is 1. The van der Waals surface area contributed by atoms with Gasteiger partial charge in [0, 0.05) is 35.4 Å². The van der Waals surface area contributed by atoms with Crippen LogP contribution in [0.15, 0.2) is 54.9 Å². The van der Waals surface area contributed by atoms with Gasteiger partial charge in [0.1, 0.15) is 11.6 Å². The molecule has 0 saturated heterocycles. The molecule has 0 aliphatic carbocycles. The van der Waals surface area contributed by atoms with Crippen molar-refractivity contribution < 1.29 is 19.1 Å². The van der Waals surface area contributed by atoms with Gasteiger partial charge in [-0.25, -0.2) is 4.39 Å². The van der Waals surface area contributed by atoms with Crippen LogP contribution in [0.3, 0.4) is 0 Å². The van der Waals surface area contributed by atoms with E-state index in [2.05, 4.69) is 15.3 Å². The molecule has 0 aliphatic rings. The number of aromatic amines is 1. The summed E-state index contributed by atoms with van der Waals surface area (Å²) < 4.78 is 13.3. The number of nitrogens with zero attached hydrogens (tertiary/aromatic N) is 1. The number of hydrogen-bond acceptors (Lipinski definition) is 4. The smallest absolute Gasteiger partial charge is 0.296 e. The standard InChI is InChI=1S/C22H14Cl2FN3O3/c23-15-9-26-10-16(24)20(15)28-22(31)21(30)19-14-8-13(29)5-6-17(14)27-18(19)7-11-1-3-12(25)4-2-11/h1-6,8-10,27,29H,7H2,(H,26,28,31). The van der Waals surface area contributed by atoms with E-state index in [1.54, 1.807) is 18.2 Å².